The molecule has 8 heteroatoms. The van der Waals surface area contributed by atoms with Crippen LogP contribution in [0, 0.1) is 6.92 Å². The first-order chi connectivity index (χ1) is 11.4. The highest BCUT2D eigenvalue weighted by molar-refractivity contribution is 7.20. The molecule has 0 amide bonds. The summed E-state index contributed by atoms with van der Waals surface area (Å²) in [6.07, 6.45) is 1.79. The van der Waals surface area contributed by atoms with Crippen LogP contribution < -0.4 is 5.56 Å². The molecule has 0 unspecified atom stereocenters. The van der Waals surface area contributed by atoms with Gasteiger partial charge in [0.1, 0.15) is 16.3 Å². The predicted octanol–water partition coefficient (Wildman–Crippen LogP) is 2.28. The monoisotopic (exact) mass is 352 g/mol. The van der Waals surface area contributed by atoms with E-state index in [1.165, 1.54) is 10.9 Å². The van der Waals surface area contributed by atoms with Crippen LogP contribution >= 0.6 is 11.3 Å². The zero-order valence-corrected chi connectivity index (χ0v) is 14.9. The van der Waals surface area contributed by atoms with E-state index in [1.54, 1.807) is 20.8 Å². The van der Waals surface area contributed by atoms with Crippen molar-refractivity contribution < 1.29 is 19.1 Å². The fraction of sp³-hybridized carbons (Fsp3) is 0.500. The average molecular weight is 352 g/mol. The number of rotatable bonds is 6. The molecule has 2 heterocycles. The number of hydrogen-bond donors (Lipinski definition) is 0. The minimum absolute atomic E-state index is 0.205. The number of thiophene rings is 1. The molecule has 0 fully saturated rings. The summed E-state index contributed by atoms with van der Waals surface area (Å²) in [5.74, 6) is -0.966. The second-order valence-corrected chi connectivity index (χ2v) is 6.34. The van der Waals surface area contributed by atoms with Crippen LogP contribution in [0.4, 0.5) is 0 Å². The van der Waals surface area contributed by atoms with Crippen molar-refractivity contribution in [2.45, 2.75) is 46.8 Å². The maximum Gasteiger partial charge on any atom is 0.348 e. The van der Waals surface area contributed by atoms with Gasteiger partial charge in [0.15, 0.2) is 0 Å². The predicted molar refractivity (Wildman–Crippen MR) is 90.4 cm³/mol. The maximum atomic E-state index is 12.6. The number of aromatic nitrogens is 2. The van der Waals surface area contributed by atoms with Gasteiger partial charge in [0, 0.05) is 0 Å². The molecule has 0 N–H and O–H groups in total. The second kappa shape index (κ2) is 7.57. The summed E-state index contributed by atoms with van der Waals surface area (Å²) < 4.78 is 11.4. The van der Waals surface area contributed by atoms with E-state index < -0.39 is 11.9 Å². The number of fused-ring (bicyclic) bond motifs is 1. The lowest BCUT2D eigenvalue weighted by atomic mass is 10.2. The Morgan fingerprint density at radius 1 is 1.38 bits per heavy atom. The molecule has 7 nitrogen and oxygen atoms in total. The molecular weight excluding hydrogens is 332 g/mol. The smallest absolute Gasteiger partial charge is 0.348 e. The Morgan fingerprint density at radius 2 is 2.08 bits per heavy atom. The average Bonchev–Trinajstić information content (AvgIpc) is 2.88. The van der Waals surface area contributed by atoms with Crippen molar-refractivity contribution in [3.8, 4) is 0 Å². The van der Waals surface area contributed by atoms with E-state index in [0.29, 0.717) is 27.1 Å². The molecule has 24 heavy (non-hydrogen) atoms. The van der Waals surface area contributed by atoms with Gasteiger partial charge in [0.05, 0.1) is 24.4 Å². The van der Waals surface area contributed by atoms with Crippen molar-refractivity contribution in [1.82, 2.24) is 9.55 Å². The molecule has 0 aliphatic heterocycles. The van der Waals surface area contributed by atoms with Gasteiger partial charge in [0.2, 0.25) is 0 Å². The molecule has 1 atom stereocenters. The summed E-state index contributed by atoms with van der Waals surface area (Å²) in [6.45, 7) is 7.13. The molecule has 130 valence electrons. The van der Waals surface area contributed by atoms with Crippen LogP contribution in [-0.4, -0.2) is 34.2 Å². The summed E-state index contributed by atoms with van der Waals surface area (Å²) in [5.41, 5.74) is 0.154. The zero-order chi connectivity index (χ0) is 17.9. The van der Waals surface area contributed by atoms with Crippen LogP contribution in [-0.2, 0) is 20.8 Å². The number of carbonyl (C=O) groups excluding carboxylic acids is 2. The van der Waals surface area contributed by atoms with Gasteiger partial charge in [-0.25, -0.2) is 9.78 Å². The highest BCUT2D eigenvalue weighted by atomic mass is 32.1. The third-order valence-corrected chi connectivity index (χ3v) is 4.76. The molecule has 0 spiro atoms. The Labute approximate surface area is 143 Å². The molecular formula is C16H20N2O5S. The van der Waals surface area contributed by atoms with Gasteiger partial charge in [-0.3, -0.25) is 14.2 Å². The van der Waals surface area contributed by atoms with Crippen molar-refractivity contribution in [1.29, 1.82) is 0 Å². The normalized spacial score (nSPS) is 12.2. The van der Waals surface area contributed by atoms with Crippen LogP contribution in [0.1, 0.15) is 42.4 Å². The fourth-order valence-electron chi connectivity index (χ4n) is 2.15. The Hall–Kier alpha value is -2.22. The number of nitrogens with zero attached hydrogens (tertiary/aromatic N) is 2. The second-order valence-electron chi connectivity index (χ2n) is 5.34. The van der Waals surface area contributed by atoms with Gasteiger partial charge in [0.25, 0.3) is 5.56 Å². The van der Waals surface area contributed by atoms with Gasteiger partial charge in [-0.05, 0) is 32.8 Å². The molecule has 2 aromatic rings. The standard InChI is InChI=1S/C16H20N2O5S/c1-5-9(3)23-11(19)7-18-8-17-14-12(15(18)20)10(4)13(24-14)16(21)22-6-2/h8-9H,5-7H2,1-4H3/t9-/m1/s1. The molecule has 0 saturated heterocycles. The Balaban J connectivity index is 2.37. The number of ether oxygens (including phenoxy) is 2. The van der Waals surface area contributed by atoms with Crippen LogP contribution in [0.3, 0.4) is 0 Å². The summed E-state index contributed by atoms with van der Waals surface area (Å²) >= 11 is 1.11. The van der Waals surface area contributed by atoms with E-state index in [1.807, 2.05) is 6.92 Å². The topological polar surface area (TPSA) is 87.5 Å². The first kappa shape index (κ1) is 18.1. The van der Waals surface area contributed by atoms with Crippen molar-refractivity contribution in [3.63, 3.8) is 0 Å². The lowest BCUT2D eigenvalue weighted by Gasteiger charge is -2.11. The number of carbonyl (C=O) groups is 2. The molecule has 0 saturated carbocycles. The largest absolute Gasteiger partial charge is 0.462 e. The van der Waals surface area contributed by atoms with E-state index in [0.717, 1.165) is 11.3 Å². The number of aryl methyl sites for hydroxylation is 1. The van der Waals surface area contributed by atoms with Crippen molar-refractivity contribution in [2.75, 3.05) is 6.61 Å². The van der Waals surface area contributed by atoms with Crippen molar-refractivity contribution in [3.05, 3.63) is 27.1 Å². The molecule has 0 bridgehead atoms. The Morgan fingerprint density at radius 3 is 2.71 bits per heavy atom. The zero-order valence-electron chi connectivity index (χ0n) is 14.1. The fourth-order valence-corrected chi connectivity index (χ4v) is 3.18. The molecule has 2 aromatic heterocycles. The van der Waals surface area contributed by atoms with Crippen molar-refractivity contribution in [2.24, 2.45) is 0 Å². The van der Waals surface area contributed by atoms with E-state index in [2.05, 4.69) is 4.98 Å². The van der Waals surface area contributed by atoms with Gasteiger partial charge in [-0.15, -0.1) is 11.3 Å². The summed E-state index contributed by atoms with van der Waals surface area (Å²) in [7, 11) is 0. The van der Waals surface area contributed by atoms with E-state index in [9.17, 15) is 14.4 Å². The van der Waals surface area contributed by atoms with E-state index in [-0.39, 0.29) is 24.8 Å². The summed E-state index contributed by atoms with van der Waals surface area (Å²) in [6, 6.07) is 0. The molecule has 0 aliphatic rings. The highest BCUT2D eigenvalue weighted by Gasteiger charge is 2.21. The van der Waals surface area contributed by atoms with Gasteiger partial charge in [-0.1, -0.05) is 6.92 Å². The first-order valence-corrected chi connectivity index (χ1v) is 8.55. The minimum Gasteiger partial charge on any atom is -0.462 e. The maximum absolute atomic E-state index is 12.6. The Kier molecular flexibility index (Phi) is 5.71. The van der Waals surface area contributed by atoms with Gasteiger partial charge >= 0.3 is 11.9 Å². The SMILES string of the molecule is CCOC(=O)c1sc2ncn(CC(=O)O[C@H](C)CC)c(=O)c2c1C. The lowest BCUT2D eigenvalue weighted by molar-refractivity contribution is -0.149. The quantitative estimate of drug-likeness (QED) is 0.741. The third-order valence-electron chi connectivity index (χ3n) is 3.59. The number of hydrogen-bond acceptors (Lipinski definition) is 7. The van der Waals surface area contributed by atoms with Gasteiger partial charge in [-0.2, -0.15) is 0 Å². The molecule has 0 aliphatic carbocycles. The van der Waals surface area contributed by atoms with Crippen LogP contribution in [0.2, 0.25) is 0 Å². The molecule has 2 rings (SSSR count). The van der Waals surface area contributed by atoms with Crippen LogP contribution in [0.5, 0.6) is 0 Å². The van der Waals surface area contributed by atoms with Crippen LogP contribution in [0.15, 0.2) is 11.1 Å². The molecule has 0 radical (unpaired) electrons. The van der Waals surface area contributed by atoms with Gasteiger partial charge < -0.3 is 9.47 Å². The Bertz CT molecular complexity index is 824. The minimum atomic E-state index is -0.494. The van der Waals surface area contributed by atoms with E-state index in [4.69, 9.17) is 9.47 Å². The van der Waals surface area contributed by atoms with E-state index >= 15 is 0 Å². The molecule has 0 aromatic carbocycles. The number of esters is 2. The lowest BCUT2D eigenvalue weighted by Crippen LogP contribution is -2.27. The third kappa shape index (κ3) is 3.64. The summed E-state index contributed by atoms with van der Waals surface area (Å²) in [4.78, 5) is 41.4. The van der Waals surface area contributed by atoms with Crippen molar-refractivity contribution >= 4 is 33.5 Å². The van der Waals surface area contributed by atoms with Crippen LogP contribution in [0.25, 0.3) is 10.2 Å². The summed E-state index contributed by atoms with van der Waals surface area (Å²) in [5, 5.41) is 0.335. The highest BCUT2D eigenvalue weighted by Crippen LogP contribution is 2.27. The first-order valence-electron chi connectivity index (χ1n) is 7.74.